The van der Waals surface area contributed by atoms with Gasteiger partial charge < -0.3 is 0 Å². The number of hydrogen-bond acceptors (Lipinski definition) is 3. The number of aryl methyl sites for hydroxylation is 1. The maximum atomic E-state index is 8.67. The SMILES string of the molecule is Cc1ccccc1C(C)C.N=S(=O)=O. The van der Waals surface area contributed by atoms with E-state index in [1.54, 1.807) is 0 Å². The van der Waals surface area contributed by atoms with Crippen molar-refractivity contribution in [1.29, 1.82) is 4.78 Å². The Morgan fingerprint density at radius 2 is 1.64 bits per heavy atom. The summed E-state index contributed by atoms with van der Waals surface area (Å²) < 4.78 is 22.8. The van der Waals surface area contributed by atoms with Gasteiger partial charge in [-0.25, -0.2) is 0 Å². The average Bonchev–Trinajstić information content (AvgIpc) is 2.03. The molecule has 78 valence electrons. The molecule has 1 N–H and O–H groups in total. The first-order valence-corrected chi connectivity index (χ1v) is 5.38. The molecule has 0 bridgehead atoms. The number of nitrogens with one attached hydrogen (secondary N) is 1. The van der Waals surface area contributed by atoms with Crippen molar-refractivity contribution in [3.63, 3.8) is 0 Å². The number of hydrogen-bond donors (Lipinski definition) is 1. The van der Waals surface area contributed by atoms with Gasteiger partial charge in [-0.15, -0.1) is 0 Å². The second-order valence-corrected chi connectivity index (χ2v) is 3.72. The van der Waals surface area contributed by atoms with Gasteiger partial charge in [-0.2, -0.15) is 13.2 Å². The zero-order valence-electron chi connectivity index (χ0n) is 8.61. The highest BCUT2D eigenvalue weighted by Gasteiger charge is 1.99. The minimum atomic E-state index is -2.61. The largest absolute Gasteiger partial charge is 0.308 e. The van der Waals surface area contributed by atoms with Crippen LogP contribution in [-0.4, -0.2) is 8.42 Å². The Labute approximate surface area is 86.3 Å². The molecule has 0 spiro atoms. The van der Waals surface area contributed by atoms with Crippen LogP contribution in [0.4, 0.5) is 0 Å². The molecule has 0 aromatic heterocycles. The second kappa shape index (κ2) is 6.32. The molecule has 0 radical (unpaired) electrons. The lowest BCUT2D eigenvalue weighted by molar-refractivity contribution is 0.620. The average molecular weight is 213 g/mol. The van der Waals surface area contributed by atoms with E-state index in [-0.39, 0.29) is 0 Å². The summed E-state index contributed by atoms with van der Waals surface area (Å²) in [5.74, 6) is 0.654. The van der Waals surface area contributed by atoms with Crippen LogP contribution in [0.1, 0.15) is 30.9 Å². The lowest BCUT2D eigenvalue weighted by Gasteiger charge is -2.07. The molecule has 1 rings (SSSR count). The van der Waals surface area contributed by atoms with E-state index >= 15 is 0 Å². The summed E-state index contributed by atoms with van der Waals surface area (Å²) in [6.45, 7) is 6.61. The van der Waals surface area contributed by atoms with Crippen LogP contribution >= 0.6 is 0 Å². The Hall–Kier alpha value is -1.16. The molecule has 0 saturated carbocycles. The molecule has 4 heteroatoms. The molecule has 0 unspecified atom stereocenters. The van der Waals surface area contributed by atoms with Gasteiger partial charge in [0, 0.05) is 0 Å². The molecular weight excluding hydrogens is 198 g/mol. The fourth-order valence-electron chi connectivity index (χ4n) is 1.23. The van der Waals surface area contributed by atoms with E-state index in [0.29, 0.717) is 5.92 Å². The number of benzene rings is 1. The molecule has 1 aromatic carbocycles. The zero-order chi connectivity index (χ0) is 11.1. The van der Waals surface area contributed by atoms with Crippen molar-refractivity contribution in [2.75, 3.05) is 0 Å². The van der Waals surface area contributed by atoms with Gasteiger partial charge in [0.15, 0.2) is 0 Å². The van der Waals surface area contributed by atoms with Crippen LogP contribution in [0, 0.1) is 11.7 Å². The molecular formula is C10H15NO2S. The lowest BCUT2D eigenvalue weighted by atomic mass is 9.99. The summed E-state index contributed by atoms with van der Waals surface area (Å²) in [4.78, 5) is 0. The quantitative estimate of drug-likeness (QED) is 0.779. The molecule has 0 atom stereocenters. The summed E-state index contributed by atoms with van der Waals surface area (Å²) in [7, 11) is -2.61. The number of rotatable bonds is 1. The van der Waals surface area contributed by atoms with Crippen LogP contribution in [0.2, 0.25) is 0 Å². The minimum Gasteiger partial charge on any atom is -0.188 e. The highest BCUT2D eigenvalue weighted by Crippen LogP contribution is 2.17. The van der Waals surface area contributed by atoms with Gasteiger partial charge in [-0.1, -0.05) is 38.1 Å². The van der Waals surface area contributed by atoms with Gasteiger partial charge in [0.2, 0.25) is 0 Å². The predicted octanol–water partition coefficient (Wildman–Crippen LogP) is 2.75. The van der Waals surface area contributed by atoms with Crippen molar-refractivity contribution in [3.05, 3.63) is 35.4 Å². The standard InChI is InChI=1S/C10H14.HNO2S/c1-8(2)10-7-5-4-6-9(10)3;1-4(2)3/h4-8H,1-3H3;1H. The van der Waals surface area contributed by atoms with Crippen LogP contribution in [0.15, 0.2) is 24.3 Å². The Kier molecular flexibility index (Phi) is 5.79. The van der Waals surface area contributed by atoms with Crippen molar-refractivity contribution >= 4 is 10.5 Å². The molecule has 0 amide bonds. The van der Waals surface area contributed by atoms with E-state index < -0.39 is 10.5 Å². The molecule has 14 heavy (non-hydrogen) atoms. The first-order valence-electron chi connectivity index (χ1n) is 4.31. The molecule has 1 aromatic rings. The topological polar surface area (TPSA) is 58.0 Å². The maximum absolute atomic E-state index is 8.67. The molecule has 0 aliphatic rings. The zero-order valence-corrected chi connectivity index (χ0v) is 9.43. The Morgan fingerprint density at radius 3 is 1.93 bits per heavy atom. The summed E-state index contributed by atoms with van der Waals surface area (Å²) >= 11 is 0. The Balaban J connectivity index is 0.000000364. The van der Waals surface area contributed by atoms with Crippen molar-refractivity contribution in [2.24, 2.45) is 0 Å². The van der Waals surface area contributed by atoms with Crippen molar-refractivity contribution < 1.29 is 8.42 Å². The summed E-state index contributed by atoms with van der Waals surface area (Å²) in [5, 5.41) is 0. The van der Waals surface area contributed by atoms with E-state index in [2.05, 4.69) is 45.0 Å². The summed E-state index contributed by atoms with van der Waals surface area (Å²) in [6.07, 6.45) is 0. The third-order valence-electron chi connectivity index (χ3n) is 1.81. The highest BCUT2D eigenvalue weighted by molar-refractivity contribution is 7.60. The van der Waals surface area contributed by atoms with Crippen LogP contribution in [0.3, 0.4) is 0 Å². The Bertz CT molecular complexity index is 375. The molecule has 3 nitrogen and oxygen atoms in total. The second-order valence-electron chi connectivity index (χ2n) is 3.25. The van der Waals surface area contributed by atoms with Gasteiger partial charge in [0.05, 0.1) is 0 Å². The van der Waals surface area contributed by atoms with Crippen LogP contribution in [0.25, 0.3) is 0 Å². The van der Waals surface area contributed by atoms with Crippen LogP contribution in [0.5, 0.6) is 0 Å². The third-order valence-corrected chi connectivity index (χ3v) is 1.81. The molecule has 0 aliphatic heterocycles. The van der Waals surface area contributed by atoms with Gasteiger partial charge >= 0.3 is 10.5 Å². The summed E-state index contributed by atoms with van der Waals surface area (Å²) in [6, 6.07) is 8.54. The molecule has 0 aliphatic carbocycles. The fourth-order valence-corrected chi connectivity index (χ4v) is 1.23. The Morgan fingerprint density at radius 1 is 1.21 bits per heavy atom. The first-order chi connectivity index (χ1) is 6.45. The van der Waals surface area contributed by atoms with Gasteiger partial charge in [-0.3, -0.25) is 0 Å². The van der Waals surface area contributed by atoms with Crippen LogP contribution < -0.4 is 0 Å². The maximum Gasteiger partial charge on any atom is 0.308 e. The normalized spacial score (nSPS) is 9.14. The van der Waals surface area contributed by atoms with E-state index in [9.17, 15) is 0 Å². The lowest BCUT2D eigenvalue weighted by Crippen LogP contribution is -1.89. The fraction of sp³-hybridized carbons (Fsp3) is 0.400. The van der Waals surface area contributed by atoms with Crippen molar-refractivity contribution in [3.8, 4) is 0 Å². The predicted molar refractivity (Wildman–Crippen MR) is 56.9 cm³/mol. The molecule has 0 heterocycles. The van der Waals surface area contributed by atoms with Gasteiger partial charge in [-0.05, 0) is 24.0 Å². The van der Waals surface area contributed by atoms with Gasteiger partial charge in [0.1, 0.15) is 0 Å². The van der Waals surface area contributed by atoms with Gasteiger partial charge in [0.25, 0.3) is 0 Å². The monoisotopic (exact) mass is 213 g/mol. The van der Waals surface area contributed by atoms with E-state index in [1.165, 1.54) is 11.1 Å². The van der Waals surface area contributed by atoms with E-state index in [1.807, 2.05) is 0 Å². The molecule has 0 saturated heterocycles. The summed E-state index contributed by atoms with van der Waals surface area (Å²) in [5.41, 5.74) is 2.86. The van der Waals surface area contributed by atoms with Crippen molar-refractivity contribution in [2.45, 2.75) is 26.7 Å². The minimum absolute atomic E-state index is 0.654. The first kappa shape index (κ1) is 12.8. The van der Waals surface area contributed by atoms with E-state index in [4.69, 9.17) is 13.2 Å². The van der Waals surface area contributed by atoms with Crippen LogP contribution in [-0.2, 0) is 10.5 Å². The smallest absolute Gasteiger partial charge is 0.188 e. The van der Waals surface area contributed by atoms with Crippen molar-refractivity contribution in [1.82, 2.24) is 0 Å². The highest BCUT2D eigenvalue weighted by atomic mass is 32.2. The molecule has 0 fully saturated rings. The van der Waals surface area contributed by atoms with E-state index in [0.717, 1.165) is 0 Å². The third kappa shape index (κ3) is 5.48.